The second-order valence-corrected chi connectivity index (χ2v) is 9.24. The number of carbonyl (C=O) groups is 2. The van der Waals surface area contributed by atoms with E-state index >= 15 is 0 Å². The zero-order valence-electron chi connectivity index (χ0n) is 20.9. The van der Waals surface area contributed by atoms with Crippen LogP contribution in [0.2, 0.25) is 0 Å². The van der Waals surface area contributed by atoms with Crippen LogP contribution in [0, 0.1) is 13.8 Å². The van der Waals surface area contributed by atoms with E-state index in [4.69, 9.17) is 0 Å². The van der Waals surface area contributed by atoms with Crippen molar-refractivity contribution >= 4 is 22.8 Å². The molecule has 0 saturated carbocycles. The van der Waals surface area contributed by atoms with Crippen molar-refractivity contribution in [2.75, 3.05) is 0 Å². The first kappa shape index (κ1) is 24.1. The number of fused-ring (bicyclic) bond motifs is 1. The van der Waals surface area contributed by atoms with Gasteiger partial charge < -0.3 is 15.0 Å². The zero-order chi connectivity index (χ0) is 25.9. The molecular formula is C32H28N2O3. The van der Waals surface area contributed by atoms with Crippen molar-refractivity contribution in [3.05, 3.63) is 131 Å². The largest absolute Gasteiger partial charge is 0.478 e. The molecule has 2 N–H and O–H groups in total. The van der Waals surface area contributed by atoms with E-state index in [0.717, 1.165) is 44.4 Å². The van der Waals surface area contributed by atoms with E-state index in [1.807, 2.05) is 72.8 Å². The molecule has 0 bridgehead atoms. The molecule has 0 radical (unpaired) electrons. The van der Waals surface area contributed by atoms with E-state index in [2.05, 4.69) is 29.8 Å². The van der Waals surface area contributed by atoms with E-state index in [-0.39, 0.29) is 11.5 Å². The molecule has 1 amide bonds. The summed E-state index contributed by atoms with van der Waals surface area (Å²) in [6.45, 7) is 5.29. The Morgan fingerprint density at radius 1 is 0.811 bits per heavy atom. The smallest absolute Gasteiger partial charge is 0.335 e. The second-order valence-electron chi connectivity index (χ2n) is 9.24. The van der Waals surface area contributed by atoms with Gasteiger partial charge in [0.15, 0.2) is 0 Å². The fourth-order valence-electron chi connectivity index (χ4n) is 4.80. The molecule has 0 saturated heterocycles. The molecule has 1 heterocycles. The number of carboxylic acids is 1. The van der Waals surface area contributed by atoms with Crippen LogP contribution in [0.1, 0.15) is 43.1 Å². The van der Waals surface area contributed by atoms with Gasteiger partial charge in [-0.25, -0.2) is 4.79 Å². The molecule has 0 aliphatic heterocycles. The predicted molar refractivity (Wildman–Crippen MR) is 147 cm³/mol. The van der Waals surface area contributed by atoms with E-state index < -0.39 is 5.97 Å². The molecule has 0 aliphatic rings. The molecule has 5 nitrogen and oxygen atoms in total. The number of carboxylic acid groups (broad SMARTS) is 1. The lowest BCUT2D eigenvalue weighted by Crippen LogP contribution is -2.22. The molecule has 0 spiro atoms. The van der Waals surface area contributed by atoms with Crippen molar-refractivity contribution in [1.82, 2.24) is 9.88 Å². The minimum Gasteiger partial charge on any atom is -0.478 e. The van der Waals surface area contributed by atoms with Crippen LogP contribution >= 0.6 is 0 Å². The van der Waals surface area contributed by atoms with Crippen LogP contribution in [0.4, 0.5) is 0 Å². The lowest BCUT2D eigenvalue weighted by Gasteiger charge is -2.14. The highest BCUT2D eigenvalue weighted by Gasteiger charge is 2.16. The standard InChI is InChI=1S/C32H28N2O3/c1-21-22(2)34(20-27-11-6-7-14-28(27)24-12-8-13-26(17-24)32(36)37)30-16-15-25(18-29(21)30)31(35)33-19-23-9-4-3-5-10-23/h3-18H,19-20H2,1-2H3,(H,33,35)(H,36,37). The molecule has 0 unspecified atom stereocenters. The van der Waals surface area contributed by atoms with Crippen LogP contribution in [0.25, 0.3) is 22.0 Å². The Morgan fingerprint density at radius 3 is 2.35 bits per heavy atom. The molecule has 5 rings (SSSR count). The van der Waals surface area contributed by atoms with Gasteiger partial charge in [0.05, 0.1) is 5.56 Å². The van der Waals surface area contributed by atoms with Crippen molar-refractivity contribution in [2.45, 2.75) is 26.9 Å². The number of hydrogen-bond acceptors (Lipinski definition) is 2. The average molecular weight is 489 g/mol. The van der Waals surface area contributed by atoms with Crippen LogP contribution in [0.15, 0.2) is 97.1 Å². The Hall–Kier alpha value is -4.64. The number of carbonyl (C=O) groups excluding carboxylic acids is 1. The average Bonchev–Trinajstić information content (AvgIpc) is 3.17. The first-order chi connectivity index (χ1) is 17.9. The van der Waals surface area contributed by atoms with Crippen LogP contribution in [0.3, 0.4) is 0 Å². The maximum absolute atomic E-state index is 12.9. The molecule has 184 valence electrons. The fraction of sp³-hybridized carbons (Fsp3) is 0.125. The van der Waals surface area contributed by atoms with Gasteiger partial charge in [0.25, 0.3) is 5.91 Å². The molecule has 4 aromatic carbocycles. The van der Waals surface area contributed by atoms with Gasteiger partial charge in [-0.1, -0.05) is 66.7 Å². The van der Waals surface area contributed by atoms with Crippen molar-refractivity contribution in [2.24, 2.45) is 0 Å². The third-order valence-electron chi connectivity index (χ3n) is 6.96. The Kier molecular flexibility index (Phi) is 6.60. The SMILES string of the molecule is Cc1c(C)n(Cc2ccccc2-c2cccc(C(=O)O)c2)c2ccc(C(=O)NCc3ccccc3)cc12. The van der Waals surface area contributed by atoms with Crippen molar-refractivity contribution in [3.63, 3.8) is 0 Å². The van der Waals surface area contributed by atoms with Gasteiger partial charge in [0.2, 0.25) is 0 Å². The van der Waals surface area contributed by atoms with Crippen molar-refractivity contribution < 1.29 is 14.7 Å². The second kappa shape index (κ2) is 10.2. The minimum atomic E-state index is -0.939. The number of aromatic nitrogens is 1. The maximum Gasteiger partial charge on any atom is 0.335 e. The lowest BCUT2D eigenvalue weighted by molar-refractivity contribution is 0.0696. The minimum absolute atomic E-state index is 0.0979. The Labute approximate surface area is 216 Å². The number of nitrogens with zero attached hydrogens (tertiary/aromatic N) is 1. The number of aromatic carboxylic acids is 1. The summed E-state index contributed by atoms with van der Waals surface area (Å²) in [5.41, 5.74) is 8.25. The van der Waals surface area contributed by atoms with Crippen LogP contribution in [-0.2, 0) is 13.1 Å². The molecule has 37 heavy (non-hydrogen) atoms. The van der Waals surface area contributed by atoms with E-state index in [1.54, 1.807) is 18.2 Å². The first-order valence-corrected chi connectivity index (χ1v) is 12.3. The van der Waals surface area contributed by atoms with Crippen molar-refractivity contribution in [1.29, 1.82) is 0 Å². The molecule has 0 fully saturated rings. The number of nitrogens with one attached hydrogen (secondary N) is 1. The van der Waals surface area contributed by atoms with Gasteiger partial charge in [-0.15, -0.1) is 0 Å². The first-order valence-electron chi connectivity index (χ1n) is 12.3. The van der Waals surface area contributed by atoms with Gasteiger partial charge in [0, 0.05) is 35.2 Å². The number of benzene rings is 4. The molecule has 5 heteroatoms. The number of hydrogen-bond donors (Lipinski definition) is 2. The van der Waals surface area contributed by atoms with Crippen LogP contribution in [-0.4, -0.2) is 21.6 Å². The van der Waals surface area contributed by atoms with Gasteiger partial charge in [0.1, 0.15) is 0 Å². The summed E-state index contributed by atoms with van der Waals surface area (Å²) in [7, 11) is 0. The van der Waals surface area contributed by atoms with Crippen LogP contribution in [0.5, 0.6) is 0 Å². The highest BCUT2D eigenvalue weighted by molar-refractivity contribution is 5.99. The zero-order valence-corrected chi connectivity index (χ0v) is 20.9. The molecule has 0 atom stereocenters. The summed E-state index contributed by atoms with van der Waals surface area (Å²) in [4.78, 5) is 24.4. The monoisotopic (exact) mass is 488 g/mol. The van der Waals surface area contributed by atoms with Gasteiger partial charge in [-0.05, 0) is 72.0 Å². The van der Waals surface area contributed by atoms with Gasteiger partial charge >= 0.3 is 5.97 Å². The summed E-state index contributed by atoms with van der Waals surface area (Å²) in [5.74, 6) is -1.04. The lowest BCUT2D eigenvalue weighted by atomic mass is 9.98. The van der Waals surface area contributed by atoms with Crippen molar-refractivity contribution in [3.8, 4) is 11.1 Å². The Balaban J connectivity index is 1.46. The fourth-order valence-corrected chi connectivity index (χ4v) is 4.80. The number of rotatable bonds is 7. The summed E-state index contributed by atoms with van der Waals surface area (Å²) >= 11 is 0. The number of amides is 1. The van der Waals surface area contributed by atoms with E-state index in [0.29, 0.717) is 18.7 Å². The number of aryl methyl sites for hydroxylation is 1. The summed E-state index contributed by atoms with van der Waals surface area (Å²) in [6, 6.07) is 30.8. The normalized spacial score (nSPS) is 11.0. The summed E-state index contributed by atoms with van der Waals surface area (Å²) < 4.78 is 2.26. The third kappa shape index (κ3) is 4.89. The Bertz CT molecular complexity index is 1620. The highest BCUT2D eigenvalue weighted by Crippen LogP contribution is 2.30. The van der Waals surface area contributed by atoms with Gasteiger partial charge in [-0.3, -0.25) is 4.79 Å². The maximum atomic E-state index is 12.9. The summed E-state index contributed by atoms with van der Waals surface area (Å²) in [6.07, 6.45) is 0. The van der Waals surface area contributed by atoms with E-state index in [9.17, 15) is 14.7 Å². The van der Waals surface area contributed by atoms with E-state index in [1.165, 1.54) is 0 Å². The van der Waals surface area contributed by atoms with Crippen LogP contribution < -0.4 is 5.32 Å². The topological polar surface area (TPSA) is 71.3 Å². The molecule has 0 aliphatic carbocycles. The quantitative estimate of drug-likeness (QED) is 0.271. The molecule has 5 aromatic rings. The molecule has 1 aromatic heterocycles. The third-order valence-corrected chi connectivity index (χ3v) is 6.96. The highest BCUT2D eigenvalue weighted by atomic mass is 16.4. The van der Waals surface area contributed by atoms with Gasteiger partial charge in [-0.2, -0.15) is 0 Å². The predicted octanol–water partition coefficient (Wildman–Crippen LogP) is 6.60. The Morgan fingerprint density at radius 2 is 1.57 bits per heavy atom. The summed E-state index contributed by atoms with van der Waals surface area (Å²) in [5, 5.41) is 13.5. The molecular weight excluding hydrogens is 460 g/mol.